The van der Waals surface area contributed by atoms with Crippen LogP contribution in [0.15, 0.2) is 12.3 Å². The monoisotopic (exact) mass is 263 g/mol. The van der Waals surface area contributed by atoms with Gasteiger partial charge in [0.15, 0.2) is 0 Å². The first-order valence-corrected chi connectivity index (χ1v) is 5.91. The van der Waals surface area contributed by atoms with Gasteiger partial charge in [-0.1, -0.05) is 0 Å². The van der Waals surface area contributed by atoms with Crippen LogP contribution in [0.2, 0.25) is 0 Å². The molecule has 3 amide bonds. The highest BCUT2D eigenvalue weighted by Gasteiger charge is 2.42. The van der Waals surface area contributed by atoms with Gasteiger partial charge in [-0.05, 0) is 0 Å². The van der Waals surface area contributed by atoms with Crippen molar-refractivity contribution in [1.29, 1.82) is 0 Å². The van der Waals surface area contributed by atoms with E-state index in [4.69, 9.17) is 4.74 Å². The highest BCUT2D eigenvalue weighted by molar-refractivity contribution is 6.02. The van der Waals surface area contributed by atoms with Gasteiger partial charge in [0.1, 0.15) is 0 Å². The summed E-state index contributed by atoms with van der Waals surface area (Å²) >= 11 is 0. The topological polar surface area (TPSA) is 87.7 Å². The molecule has 0 aliphatic carbocycles. The smallest absolute Gasteiger partial charge is 0.324 e. The van der Waals surface area contributed by atoms with Gasteiger partial charge < -0.3 is 15.0 Å². The molecular formula is C11H13N5O3. The molecule has 1 aromatic rings. The molecule has 19 heavy (non-hydrogen) atoms. The Bertz CT molecular complexity index is 513. The van der Waals surface area contributed by atoms with E-state index in [0.29, 0.717) is 24.9 Å². The lowest BCUT2D eigenvalue weighted by molar-refractivity contribution is -0.126. The number of carbonyl (C=O) groups is 2. The highest BCUT2D eigenvalue weighted by Crippen LogP contribution is 2.22. The van der Waals surface area contributed by atoms with Gasteiger partial charge in [-0.2, -0.15) is 4.98 Å². The van der Waals surface area contributed by atoms with E-state index in [1.165, 1.54) is 12.0 Å². The zero-order valence-corrected chi connectivity index (χ0v) is 10.4. The van der Waals surface area contributed by atoms with E-state index in [0.717, 1.165) is 0 Å². The molecule has 2 aliphatic heterocycles. The number of hydrogen-bond donors (Lipinski definition) is 1. The SMILES string of the molecule is COc1ccnc(N2CC(N3C(=O)CNC3=O)C2)n1. The van der Waals surface area contributed by atoms with Crippen molar-refractivity contribution >= 4 is 17.9 Å². The predicted molar refractivity (Wildman–Crippen MR) is 64.8 cm³/mol. The quantitative estimate of drug-likeness (QED) is 0.720. The van der Waals surface area contributed by atoms with Crippen molar-refractivity contribution in [3.05, 3.63) is 12.3 Å². The van der Waals surface area contributed by atoms with Crippen LogP contribution >= 0.6 is 0 Å². The Kier molecular flexibility index (Phi) is 2.69. The minimum Gasteiger partial charge on any atom is -0.481 e. The van der Waals surface area contributed by atoms with Gasteiger partial charge in [-0.15, -0.1) is 0 Å². The highest BCUT2D eigenvalue weighted by atomic mass is 16.5. The molecule has 1 N–H and O–H groups in total. The van der Waals surface area contributed by atoms with Crippen LogP contribution in [0, 0.1) is 0 Å². The Morgan fingerprint density at radius 1 is 1.42 bits per heavy atom. The van der Waals surface area contributed by atoms with Crippen LogP contribution in [0.3, 0.4) is 0 Å². The fourth-order valence-electron chi connectivity index (χ4n) is 2.18. The van der Waals surface area contributed by atoms with Gasteiger partial charge in [-0.25, -0.2) is 9.78 Å². The van der Waals surface area contributed by atoms with Gasteiger partial charge in [-0.3, -0.25) is 9.69 Å². The number of aromatic nitrogens is 2. The first-order chi connectivity index (χ1) is 9.19. The average molecular weight is 263 g/mol. The normalized spacial score (nSPS) is 19.4. The molecule has 0 radical (unpaired) electrons. The lowest BCUT2D eigenvalue weighted by Crippen LogP contribution is -2.61. The van der Waals surface area contributed by atoms with E-state index in [-0.39, 0.29) is 24.5 Å². The number of urea groups is 1. The maximum atomic E-state index is 11.5. The number of nitrogens with zero attached hydrogens (tertiary/aromatic N) is 4. The van der Waals surface area contributed by atoms with Gasteiger partial charge in [0.2, 0.25) is 17.7 Å². The van der Waals surface area contributed by atoms with Crippen LogP contribution in [-0.2, 0) is 4.79 Å². The summed E-state index contributed by atoms with van der Waals surface area (Å²) in [5, 5.41) is 2.51. The Balaban J connectivity index is 1.66. The molecule has 2 saturated heterocycles. The number of methoxy groups -OCH3 is 1. The van der Waals surface area contributed by atoms with Crippen LogP contribution in [0.25, 0.3) is 0 Å². The van der Waals surface area contributed by atoms with Crippen molar-refractivity contribution in [2.24, 2.45) is 0 Å². The second kappa shape index (κ2) is 4.38. The maximum absolute atomic E-state index is 11.5. The third-order valence-corrected chi connectivity index (χ3v) is 3.22. The van der Waals surface area contributed by atoms with Crippen molar-refractivity contribution in [3.8, 4) is 5.88 Å². The predicted octanol–water partition coefficient (Wildman–Crippen LogP) is -0.774. The molecule has 0 atom stereocenters. The molecule has 3 rings (SSSR count). The van der Waals surface area contributed by atoms with E-state index in [1.54, 1.807) is 12.3 Å². The fraction of sp³-hybridized carbons (Fsp3) is 0.455. The molecule has 100 valence electrons. The zero-order chi connectivity index (χ0) is 13.4. The van der Waals surface area contributed by atoms with Gasteiger partial charge in [0.05, 0.1) is 19.7 Å². The van der Waals surface area contributed by atoms with Crippen molar-refractivity contribution in [2.45, 2.75) is 6.04 Å². The van der Waals surface area contributed by atoms with Crippen LogP contribution in [0.4, 0.5) is 10.7 Å². The molecule has 8 nitrogen and oxygen atoms in total. The summed E-state index contributed by atoms with van der Waals surface area (Å²) in [5.74, 6) is 0.854. The molecule has 1 aromatic heterocycles. The van der Waals surface area contributed by atoms with Crippen LogP contribution in [-0.4, -0.2) is 59.6 Å². The average Bonchev–Trinajstić information content (AvgIpc) is 2.69. The fourth-order valence-corrected chi connectivity index (χ4v) is 2.18. The maximum Gasteiger partial charge on any atom is 0.324 e. The van der Waals surface area contributed by atoms with Gasteiger partial charge in [0, 0.05) is 25.4 Å². The minimum absolute atomic E-state index is 0.0883. The van der Waals surface area contributed by atoms with E-state index >= 15 is 0 Å². The Hall–Kier alpha value is -2.38. The number of imide groups is 1. The summed E-state index contributed by atoms with van der Waals surface area (Å²) < 4.78 is 5.03. The van der Waals surface area contributed by atoms with Gasteiger partial charge >= 0.3 is 6.03 Å². The Morgan fingerprint density at radius 3 is 2.84 bits per heavy atom. The molecule has 0 unspecified atom stereocenters. The van der Waals surface area contributed by atoms with Gasteiger partial charge in [0.25, 0.3) is 0 Å². The molecular weight excluding hydrogens is 250 g/mol. The summed E-state index contributed by atoms with van der Waals surface area (Å²) in [6, 6.07) is 1.24. The van der Waals surface area contributed by atoms with Crippen molar-refractivity contribution in [2.75, 3.05) is 31.6 Å². The third-order valence-electron chi connectivity index (χ3n) is 3.22. The van der Waals surface area contributed by atoms with Crippen LogP contribution < -0.4 is 15.0 Å². The summed E-state index contributed by atoms with van der Waals surface area (Å²) in [6.45, 7) is 1.18. The third kappa shape index (κ3) is 1.94. The number of amides is 3. The largest absolute Gasteiger partial charge is 0.481 e. The summed E-state index contributed by atoms with van der Waals surface area (Å²) in [7, 11) is 1.54. The minimum atomic E-state index is -0.318. The van der Waals surface area contributed by atoms with E-state index < -0.39 is 0 Å². The van der Waals surface area contributed by atoms with Crippen LogP contribution in [0.1, 0.15) is 0 Å². The molecule has 0 saturated carbocycles. The molecule has 0 bridgehead atoms. The number of anilines is 1. The Labute approximate surface area is 109 Å². The van der Waals surface area contributed by atoms with Crippen molar-refractivity contribution < 1.29 is 14.3 Å². The number of rotatable bonds is 3. The second-order valence-corrected chi connectivity index (χ2v) is 4.38. The van der Waals surface area contributed by atoms with Crippen molar-refractivity contribution in [3.63, 3.8) is 0 Å². The number of nitrogens with one attached hydrogen (secondary N) is 1. The lowest BCUT2D eigenvalue weighted by atomic mass is 10.1. The molecule has 0 aromatic carbocycles. The Morgan fingerprint density at radius 2 is 2.21 bits per heavy atom. The summed E-state index contributed by atoms with van der Waals surface area (Å²) in [4.78, 5) is 34.5. The molecule has 3 heterocycles. The molecule has 2 aliphatic rings. The summed E-state index contributed by atoms with van der Waals surface area (Å²) in [5.41, 5.74) is 0. The number of ether oxygens (including phenoxy) is 1. The molecule has 8 heteroatoms. The van der Waals surface area contributed by atoms with Crippen LogP contribution in [0.5, 0.6) is 5.88 Å². The van der Waals surface area contributed by atoms with E-state index in [2.05, 4.69) is 15.3 Å². The number of carbonyl (C=O) groups excluding carboxylic acids is 2. The first-order valence-electron chi connectivity index (χ1n) is 5.91. The second-order valence-electron chi connectivity index (χ2n) is 4.38. The lowest BCUT2D eigenvalue weighted by Gasteiger charge is -2.42. The number of hydrogen-bond acceptors (Lipinski definition) is 6. The molecule has 0 spiro atoms. The zero-order valence-electron chi connectivity index (χ0n) is 10.4. The van der Waals surface area contributed by atoms with E-state index in [1.807, 2.05) is 4.90 Å². The standard InChI is InChI=1S/C11H13N5O3/c1-19-8-2-3-12-10(14-8)15-5-7(6-15)16-9(17)4-13-11(16)18/h2-3,7H,4-6H2,1H3,(H,13,18). The van der Waals surface area contributed by atoms with E-state index in [9.17, 15) is 9.59 Å². The summed E-state index contributed by atoms with van der Waals surface area (Å²) in [6.07, 6.45) is 1.61. The molecule has 2 fully saturated rings. The van der Waals surface area contributed by atoms with Crippen molar-refractivity contribution in [1.82, 2.24) is 20.2 Å². The first kappa shape index (κ1) is 11.7.